The molecule has 1 aliphatic heterocycles. The van der Waals surface area contributed by atoms with Crippen LogP contribution in [0.3, 0.4) is 0 Å². The van der Waals surface area contributed by atoms with E-state index in [9.17, 15) is 4.79 Å². The van der Waals surface area contributed by atoms with E-state index < -0.39 is 0 Å². The van der Waals surface area contributed by atoms with Gasteiger partial charge in [-0.05, 0) is 27.2 Å². The molecule has 25 heavy (non-hydrogen) atoms. The van der Waals surface area contributed by atoms with Crippen LogP contribution in [0.1, 0.15) is 32.3 Å². The van der Waals surface area contributed by atoms with Gasteiger partial charge in [-0.1, -0.05) is 6.92 Å². The number of ether oxygens (including phenoxy) is 2. The summed E-state index contributed by atoms with van der Waals surface area (Å²) < 4.78 is 11.7. The second-order valence-corrected chi connectivity index (χ2v) is 7.30. The van der Waals surface area contributed by atoms with Gasteiger partial charge in [0.2, 0.25) is 5.91 Å². The van der Waals surface area contributed by atoms with E-state index in [-0.39, 0.29) is 24.2 Å². The van der Waals surface area contributed by atoms with Gasteiger partial charge in [-0.15, -0.1) is 0 Å². The Kier molecular flexibility index (Phi) is 6.35. The number of rotatable bonds is 6. The molecule has 0 N–H and O–H groups in total. The molecular formula is C18H30N4O3. The summed E-state index contributed by atoms with van der Waals surface area (Å²) in [5.41, 5.74) is 0.722. The number of anilines is 1. The average molecular weight is 350 g/mol. The van der Waals surface area contributed by atoms with E-state index in [1.807, 2.05) is 13.0 Å². The van der Waals surface area contributed by atoms with Crippen LogP contribution in [0.2, 0.25) is 0 Å². The molecule has 0 saturated carbocycles. The zero-order valence-corrected chi connectivity index (χ0v) is 16.2. The van der Waals surface area contributed by atoms with Crippen LogP contribution in [0.15, 0.2) is 6.07 Å². The van der Waals surface area contributed by atoms with Crippen molar-refractivity contribution in [2.24, 2.45) is 0 Å². The van der Waals surface area contributed by atoms with Crippen molar-refractivity contribution in [3.8, 4) is 0 Å². The summed E-state index contributed by atoms with van der Waals surface area (Å²) in [6.07, 6.45) is 0.766. The largest absolute Gasteiger partial charge is 0.369 e. The fourth-order valence-corrected chi connectivity index (χ4v) is 2.92. The molecule has 1 fully saturated rings. The summed E-state index contributed by atoms with van der Waals surface area (Å²) >= 11 is 0. The monoisotopic (exact) mass is 350 g/mol. The second-order valence-electron chi connectivity index (χ2n) is 7.30. The van der Waals surface area contributed by atoms with Gasteiger partial charge in [-0.25, -0.2) is 9.97 Å². The third-order valence-electron chi connectivity index (χ3n) is 4.07. The molecule has 140 valence electrons. The lowest BCUT2D eigenvalue weighted by molar-refractivity contribution is -0.139. The molecule has 1 aromatic rings. The zero-order valence-electron chi connectivity index (χ0n) is 16.2. The molecule has 1 saturated heterocycles. The lowest BCUT2D eigenvalue weighted by Gasteiger charge is -2.43. The van der Waals surface area contributed by atoms with E-state index >= 15 is 0 Å². The minimum absolute atomic E-state index is 0.0501. The van der Waals surface area contributed by atoms with Gasteiger partial charge in [-0.3, -0.25) is 4.79 Å². The highest BCUT2D eigenvalue weighted by Gasteiger charge is 2.34. The van der Waals surface area contributed by atoms with Crippen LogP contribution in [0, 0.1) is 6.92 Å². The number of aryl methyl sites for hydroxylation is 2. The number of carbonyl (C=O) groups excluding carboxylic acids is 1. The molecule has 2 rings (SSSR count). The first-order valence-corrected chi connectivity index (χ1v) is 8.75. The van der Waals surface area contributed by atoms with E-state index in [0.29, 0.717) is 13.2 Å². The standard InChI is InChI=1S/C18H30N4O3/c1-7-14-8-16(20-13(2)19-14)22-9-15(25-18(3,4)12-22)10-24-11-17(23)21(5)6/h8,15H,7,9-12H2,1-6H3/t15-/m0/s1. The Morgan fingerprint density at radius 3 is 2.80 bits per heavy atom. The molecule has 1 aromatic heterocycles. The van der Waals surface area contributed by atoms with Crippen molar-refractivity contribution in [2.75, 3.05) is 45.3 Å². The Labute approximate surface area is 150 Å². The normalized spacial score (nSPS) is 19.8. The highest BCUT2D eigenvalue weighted by atomic mass is 16.5. The Morgan fingerprint density at radius 2 is 2.16 bits per heavy atom. The summed E-state index contributed by atoms with van der Waals surface area (Å²) in [6, 6.07) is 2.04. The minimum atomic E-state index is -0.316. The Balaban J connectivity index is 2.05. The van der Waals surface area contributed by atoms with Crippen LogP contribution in [-0.4, -0.2) is 72.9 Å². The van der Waals surface area contributed by atoms with Gasteiger partial charge in [0.25, 0.3) is 0 Å². The lowest BCUT2D eigenvalue weighted by atomic mass is 10.1. The van der Waals surface area contributed by atoms with Gasteiger partial charge in [0, 0.05) is 38.9 Å². The molecule has 0 bridgehead atoms. The molecule has 7 nitrogen and oxygen atoms in total. The summed E-state index contributed by atoms with van der Waals surface area (Å²) in [6.45, 7) is 10.0. The highest BCUT2D eigenvalue weighted by molar-refractivity contribution is 5.76. The number of likely N-dealkylation sites (N-methyl/N-ethyl adjacent to an activating group) is 1. The van der Waals surface area contributed by atoms with Crippen LogP contribution in [-0.2, 0) is 20.7 Å². The van der Waals surface area contributed by atoms with Gasteiger partial charge < -0.3 is 19.3 Å². The van der Waals surface area contributed by atoms with Gasteiger partial charge in [0.15, 0.2) is 0 Å². The number of morpholine rings is 1. The van der Waals surface area contributed by atoms with Crippen molar-refractivity contribution in [1.82, 2.24) is 14.9 Å². The predicted octanol–water partition coefficient (Wildman–Crippen LogP) is 1.44. The van der Waals surface area contributed by atoms with Crippen molar-refractivity contribution in [2.45, 2.75) is 45.8 Å². The predicted molar refractivity (Wildman–Crippen MR) is 96.8 cm³/mol. The molecule has 7 heteroatoms. The van der Waals surface area contributed by atoms with E-state index in [4.69, 9.17) is 9.47 Å². The topological polar surface area (TPSA) is 67.8 Å². The maximum absolute atomic E-state index is 11.6. The van der Waals surface area contributed by atoms with Crippen LogP contribution >= 0.6 is 0 Å². The summed E-state index contributed by atoms with van der Waals surface area (Å²) in [4.78, 5) is 24.4. The second kappa shape index (κ2) is 8.10. The summed E-state index contributed by atoms with van der Waals surface area (Å²) in [5.74, 6) is 1.66. The number of hydrogen-bond acceptors (Lipinski definition) is 6. The molecular weight excluding hydrogens is 320 g/mol. The molecule has 0 unspecified atom stereocenters. The zero-order chi connectivity index (χ0) is 18.6. The quantitative estimate of drug-likeness (QED) is 0.773. The molecule has 0 spiro atoms. The molecule has 1 amide bonds. The molecule has 2 heterocycles. The lowest BCUT2D eigenvalue weighted by Crippen LogP contribution is -2.54. The van der Waals surface area contributed by atoms with Crippen molar-refractivity contribution < 1.29 is 14.3 Å². The summed E-state index contributed by atoms with van der Waals surface area (Å²) in [5, 5.41) is 0. The molecule has 0 aromatic carbocycles. The van der Waals surface area contributed by atoms with E-state index in [1.165, 1.54) is 4.90 Å². The van der Waals surface area contributed by atoms with Gasteiger partial charge >= 0.3 is 0 Å². The number of aromatic nitrogens is 2. The number of nitrogens with zero attached hydrogens (tertiary/aromatic N) is 4. The smallest absolute Gasteiger partial charge is 0.248 e. The number of hydrogen-bond donors (Lipinski definition) is 0. The number of carbonyl (C=O) groups is 1. The van der Waals surface area contributed by atoms with Gasteiger partial charge in [0.1, 0.15) is 18.2 Å². The minimum Gasteiger partial charge on any atom is -0.369 e. The molecule has 1 aliphatic rings. The van der Waals surface area contributed by atoms with Crippen LogP contribution in [0.5, 0.6) is 0 Å². The molecule has 1 atom stereocenters. The Bertz CT molecular complexity index is 604. The summed E-state index contributed by atoms with van der Waals surface area (Å²) in [7, 11) is 3.44. The molecule has 0 aliphatic carbocycles. The van der Waals surface area contributed by atoms with Gasteiger partial charge in [-0.2, -0.15) is 0 Å². The number of amides is 1. The van der Waals surface area contributed by atoms with Crippen LogP contribution in [0.4, 0.5) is 5.82 Å². The third-order valence-corrected chi connectivity index (χ3v) is 4.07. The Morgan fingerprint density at radius 1 is 1.44 bits per heavy atom. The van der Waals surface area contributed by atoms with Crippen molar-refractivity contribution in [3.05, 3.63) is 17.6 Å². The van der Waals surface area contributed by atoms with Crippen molar-refractivity contribution in [3.63, 3.8) is 0 Å². The van der Waals surface area contributed by atoms with Crippen LogP contribution < -0.4 is 4.90 Å². The first-order chi connectivity index (χ1) is 11.7. The average Bonchev–Trinajstić information content (AvgIpc) is 2.52. The van der Waals surface area contributed by atoms with Gasteiger partial charge in [0.05, 0.1) is 18.3 Å². The molecule has 0 radical (unpaired) electrons. The first-order valence-electron chi connectivity index (χ1n) is 8.75. The van der Waals surface area contributed by atoms with E-state index in [0.717, 1.165) is 30.3 Å². The maximum atomic E-state index is 11.6. The van der Waals surface area contributed by atoms with E-state index in [2.05, 4.69) is 35.6 Å². The first kappa shape index (κ1) is 19.6. The fourth-order valence-electron chi connectivity index (χ4n) is 2.92. The highest BCUT2D eigenvalue weighted by Crippen LogP contribution is 2.25. The van der Waals surface area contributed by atoms with Crippen molar-refractivity contribution in [1.29, 1.82) is 0 Å². The fraction of sp³-hybridized carbons (Fsp3) is 0.722. The third kappa shape index (κ3) is 5.64. The van der Waals surface area contributed by atoms with E-state index in [1.54, 1.807) is 14.1 Å². The van der Waals surface area contributed by atoms with Crippen LogP contribution in [0.25, 0.3) is 0 Å². The SMILES string of the molecule is CCc1cc(N2C[C@@H](COCC(=O)N(C)C)OC(C)(C)C2)nc(C)n1. The van der Waals surface area contributed by atoms with Crippen molar-refractivity contribution >= 4 is 11.7 Å². The Hall–Kier alpha value is -1.73. The maximum Gasteiger partial charge on any atom is 0.248 e.